The fraction of sp³-hybridized carbons (Fsp3) is 0.667. The van der Waals surface area contributed by atoms with Gasteiger partial charge in [0.1, 0.15) is 0 Å². The Bertz CT molecular complexity index is 423. The Hall–Kier alpha value is -1.02. The second kappa shape index (κ2) is 6.62. The number of hydrogen-bond donors (Lipinski definition) is 1. The molecule has 0 aromatic heterocycles. The summed E-state index contributed by atoms with van der Waals surface area (Å²) >= 11 is 0. The standard InChI is InChI=1S/C18H28N2/c1-2-8-16-14-20(17-10-4-3-5-11-17)18-12-7-6-9-15(18)13-19-16/h6-7,9,12,16-17,19H,2-5,8,10-11,13-14H2,1H3. The van der Waals surface area contributed by atoms with E-state index in [-0.39, 0.29) is 0 Å². The molecule has 1 aromatic rings. The van der Waals surface area contributed by atoms with Crippen LogP contribution in [0.15, 0.2) is 24.3 Å². The smallest absolute Gasteiger partial charge is 0.0414 e. The Labute approximate surface area is 123 Å². The van der Waals surface area contributed by atoms with Gasteiger partial charge >= 0.3 is 0 Å². The Morgan fingerprint density at radius 1 is 1.15 bits per heavy atom. The minimum atomic E-state index is 0.648. The van der Waals surface area contributed by atoms with E-state index in [1.54, 1.807) is 0 Å². The zero-order chi connectivity index (χ0) is 13.8. The van der Waals surface area contributed by atoms with E-state index in [1.165, 1.54) is 62.7 Å². The molecule has 0 radical (unpaired) electrons. The molecule has 1 atom stereocenters. The highest BCUT2D eigenvalue weighted by Crippen LogP contribution is 2.31. The molecular formula is C18H28N2. The summed E-state index contributed by atoms with van der Waals surface area (Å²) in [7, 11) is 0. The van der Waals surface area contributed by atoms with Crippen LogP contribution in [-0.4, -0.2) is 18.6 Å². The number of para-hydroxylation sites is 1. The lowest BCUT2D eigenvalue weighted by atomic mass is 9.93. The molecule has 0 saturated heterocycles. The van der Waals surface area contributed by atoms with Crippen molar-refractivity contribution >= 4 is 5.69 Å². The van der Waals surface area contributed by atoms with Crippen molar-refractivity contribution in [3.8, 4) is 0 Å². The largest absolute Gasteiger partial charge is 0.367 e. The Kier molecular flexibility index (Phi) is 4.62. The summed E-state index contributed by atoms with van der Waals surface area (Å²) in [5.41, 5.74) is 2.97. The first-order valence-corrected chi connectivity index (χ1v) is 8.46. The van der Waals surface area contributed by atoms with E-state index in [0.29, 0.717) is 6.04 Å². The maximum atomic E-state index is 3.77. The highest BCUT2D eigenvalue weighted by atomic mass is 15.2. The fourth-order valence-electron chi connectivity index (χ4n) is 3.88. The van der Waals surface area contributed by atoms with E-state index < -0.39 is 0 Å². The number of fused-ring (bicyclic) bond motifs is 1. The lowest BCUT2D eigenvalue weighted by Crippen LogP contribution is -2.44. The van der Waals surface area contributed by atoms with Crippen LogP contribution in [0.2, 0.25) is 0 Å². The van der Waals surface area contributed by atoms with Crippen LogP contribution in [0.5, 0.6) is 0 Å². The van der Waals surface area contributed by atoms with Crippen LogP contribution in [0.1, 0.15) is 57.4 Å². The highest BCUT2D eigenvalue weighted by Gasteiger charge is 2.27. The molecule has 110 valence electrons. The van der Waals surface area contributed by atoms with Crippen molar-refractivity contribution in [3.05, 3.63) is 29.8 Å². The van der Waals surface area contributed by atoms with Crippen molar-refractivity contribution in [3.63, 3.8) is 0 Å². The Morgan fingerprint density at radius 3 is 2.75 bits per heavy atom. The number of hydrogen-bond acceptors (Lipinski definition) is 2. The van der Waals surface area contributed by atoms with Crippen molar-refractivity contribution < 1.29 is 0 Å². The van der Waals surface area contributed by atoms with Gasteiger partial charge in [-0.2, -0.15) is 0 Å². The third-order valence-electron chi connectivity index (χ3n) is 4.95. The minimum Gasteiger partial charge on any atom is -0.367 e. The van der Waals surface area contributed by atoms with Crippen LogP contribution >= 0.6 is 0 Å². The van der Waals surface area contributed by atoms with Gasteiger partial charge in [-0.05, 0) is 30.9 Å². The van der Waals surface area contributed by atoms with Crippen molar-refractivity contribution in [2.75, 3.05) is 11.4 Å². The molecule has 0 bridgehead atoms. The molecule has 1 aromatic carbocycles. The first kappa shape index (κ1) is 13.9. The predicted molar refractivity (Wildman–Crippen MR) is 86.2 cm³/mol. The van der Waals surface area contributed by atoms with Crippen molar-refractivity contribution in [1.29, 1.82) is 0 Å². The summed E-state index contributed by atoms with van der Waals surface area (Å²) in [5.74, 6) is 0. The van der Waals surface area contributed by atoms with Gasteiger partial charge < -0.3 is 10.2 Å². The molecule has 0 amide bonds. The van der Waals surface area contributed by atoms with Gasteiger partial charge in [-0.3, -0.25) is 0 Å². The van der Waals surface area contributed by atoms with Crippen LogP contribution in [0.4, 0.5) is 5.69 Å². The van der Waals surface area contributed by atoms with Gasteiger partial charge in [0.2, 0.25) is 0 Å². The van der Waals surface area contributed by atoms with Gasteiger partial charge in [-0.25, -0.2) is 0 Å². The number of nitrogens with one attached hydrogen (secondary N) is 1. The molecule has 1 saturated carbocycles. The molecule has 1 fully saturated rings. The van der Waals surface area contributed by atoms with Gasteiger partial charge in [0.15, 0.2) is 0 Å². The molecule has 1 unspecified atom stereocenters. The van der Waals surface area contributed by atoms with E-state index in [4.69, 9.17) is 0 Å². The zero-order valence-electron chi connectivity index (χ0n) is 12.8. The Morgan fingerprint density at radius 2 is 1.95 bits per heavy atom. The maximum absolute atomic E-state index is 3.77. The molecular weight excluding hydrogens is 244 g/mol. The predicted octanol–water partition coefficient (Wildman–Crippen LogP) is 4.10. The molecule has 2 nitrogen and oxygen atoms in total. The number of nitrogens with zero attached hydrogens (tertiary/aromatic N) is 1. The summed E-state index contributed by atoms with van der Waals surface area (Å²) in [6.45, 7) is 4.52. The van der Waals surface area contributed by atoms with E-state index in [1.807, 2.05) is 0 Å². The topological polar surface area (TPSA) is 15.3 Å². The first-order chi connectivity index (χ1) is 9.88. The fourth-order valence-corrected chi connectivity index (χ4v) is 3.88. The third-order valence-corrected chi connectivity index (χ3v) is 4.95. The van der Waals surface area contributed by atoms with Gasteiger partial charge in [0.05, 0.1) is 0 Å². The summed E-state index contributed by atoms with van der Waals surface area (Å²) < 4.78 is 0. The second-order valence-electron chi connectivity index (χ2n) is 6.44. The lowest BCUT2D eigenvalue weighted by Gasteiger charge is -2.37. The number of anilines is 1. The molecule has 1 aliphatic carbocycles. The van der Waals surface area contributed by atoms with Crippen molar-refractivity contribution in [2.45, 2.75) is 70.5 Å². The normalized spacial score (nSPS) is 24.2. The Balaban J connectivity index is 1.85. The summed E-state index contributed by atoms with van der Waals surface area (Å²) in [5, 5.41) is 3.77. The SMILES string of the molecule is CCCC1CN(C2CCCCC2)c2ccccc2CN1. The van der Waals surface area contributed by atoms with Crippen LogP contribution in [0.25, 0.3) is 0 Å². The van der Waals surface area contributed by atoms with E-state index in [2.05, 4.69) is 41.4 Å². The quantitative estimate of drug-likeness (QED) is 0.891. The third kappa shape index (κ3) is 3.01. The monoisotopic (exact) mass is 272 g/mol. The summed E-state index contributed by atoms with van der Waals surface area (Å²) in [6, 6.07) is 10.4. The average Bonchev–Trinajstić information content (AvgIpc) is 2.69. The number of rotatable bonds is 3. The van der Waals surface area contributed by atoms with E-state index in [0.717, 1.165) is 12.6 Å². The van der Waals surface area contributed by atoms with Crippen LogP contribution in [-0.2, 0) is 6.54 Å². The summed E-state index contributed by atoms with van der Waals surface area (Å²) in [4.78, 5) is 2.73. The van der Waals surface area contributed by atoms with Gasteiger partial charge in [-0.15, -0.1) is 0 Å². The van der Waals surface area contributed by atoms with Crippen LogP contribution in [0, 0.1) is 0 Å². The first-order valence-electron chi connectivity index (χ1n) is 8.46. The van der Waals surface area contributed by atoms with E-state index >= 15 is 0 Å². The van der Waals surface area contributed by atoms with Gasteiger partial charge in [0, 0.05) is 30.9 Å². The van der Waals surface area contributed by atoms with Gasteiger partial charge in [0.25, 0.3) is 0 Å². The van der Waals surface area contributed by atoms with Crippen molar-refractivity contribution in [1.82, 2.24) is 5.32 Å². The molecule has 0 spiro atoms. The summed E-state index contributed by atoms with van der Waals surface area (Å²) in [6.07, 6.45) is 9.58. The molecule has 3 rings (SSSR count). The molecule has 20 heavy (non-hydrogen) atoms. The lowest BCUT2D eigenvalue weighted by molar-refractivity contribution is 0.392. The molecule has 1 N–H and O–H groups in total. The molecule has 1 aliphatic heterocycles. The number of benzene rings is 1. The van der Waals surface area contributed by atoms with E-state index in [9.17, 15) is 0 Å². The molecule has 2 aliphatic rings. The molecule has 1 heterocycles. The zero-order valence-corrected chi connectivity index (χ0v) is 12.8. The highest BCUT2D eigenvalue weighted by molar-refractivity contribution is 5.55. The maximum Gasteiger partial charge on any atom is 0.0414 e. The molecule has 2 heteroatoms. The van der Waals surface area contributed by atoms with Crippen LogP contribution < -0.4 is 10.2 Å². The second-order valence-corrected chi connectivity index (χ2v) is 6.44. The minimum absolute atomic E-state index is 0.648. The average molecular weight is 272 g/mol. The van der Waals surface area contributed by atoms with Crippen molar-refractivity contribution in [2.24, 2.45) is 0 Å². The van der Waals surface area contributed by atoms with Gasteiger partial charge in [-0.1, -0.05) is 50.8 Å². The van der Waals surface area contributed by atoms with Crippen LogP contribution in [0.3, 0.4) is 0 Å².